The standard InChI is InChI=1S/C23H23NO.C17H19NO.C11H15NO.6C2H6/c1-17(2)23(25)24-16-18-8-10-20(11-9-18)22-14-12-21(13-15-22)19-6-4-3-5-7-19;1-13(2)17(19)18-12-14-8-10-16(11-9-14)15-6-4-3-5-7-15;1-9(2)11(13)12-8-10-6-4-3-5-7-10;6*1-2/h3-15,17H,16H2,1-2H3,(H,24,25);3-11,13H,12H2,1-2H3,(H,18,19);3-7,9H,8H2,1-2H3,(H,12,13);6*1-2H3. The van der Waals surface area contributed by atoms with Gasteiger partial charge in [0.2, 0.25) is 17.7 Å². The van der Waals surface area contributed by atoms with Gasteiger partial charge in [-0.1, -0.05) is 288 Å². The highest BCUT2D eigenvalue weighted by Crippen LogP contribution is 2.25. The van der Waals surface area contributed by atoms with Crippen LogP contribution in [0.3, 0.4) is 0 Å². The third-order valence-corrected chi connectivity index (χ3v) is 9.16. The number of rotatable bonds is 12. The lowest BCUT2D eigenvalue weighted by Crippen LogP contribution is -2.27. The van der Waals surface area contributed by atoms with Crippen LogP contribution in [-0.4, -0.2) is 17.7 Å². The molecule has 0 fully saturated rings. The molecule has 0 aromatic heterocycles. The molecule has 0 radical (unpaired) electrons. The third kappa shape index (κ3) is 29.3. The van der Waals surface area contributed by atoms with Crippen LogP contribution in [0.15, 0.2) is 164 Å². The van der Waals surface area contributed by atoms with Gasteiger partial charge < -0.3 is 16.0 Å². The van der Waals surface area contributed by atoms with Crippen molar-refractivity contribution >= 4 is 17.7 Å². The SMILES string of the molecule is CC.CC.CC.CC.CC.CC.CC(C)C(=O)NCc1ccc(-c2ccc(-c3ccccc3)cc2)cc1.CC(C)C(=O)NCc1ccc(-c2ccccc2)cc1.CC(C)C(=O)NCc1ccccc1. The number of hydrogen-bond acceptors (Lipinski definition) is 3. The monoisotopic (exact) mass is 940 g/mol. The van der Waals surface area contributed by atoms with Crippen LogP contribution in [0.25, 0.3) is 33.4 Å². The van der Waals surface area contributed by atoms with Gasteiger partial charge in [0.15, 0.2) is 0 Å². The summed E-state index contributed by atoms with van der Waals surface area (Å²) in [5.74, 6) is 0.381. The van der Waals surface area contributed by atoms with Crippen LogP contribution in [0.1, 0.15) is 141 Å². The fraction of sp³-hybridized carbons (Fsp3) is 0.381. The van der Waals surface area contributed by atoms with Crippen molar-refractivity contribution in [1.82, 2.24) is 16.0 Å². The molecule has 6 nitrogen and oxygen atoms in total. The van der Waals surface area contributed by atoms with Gasteiger partial charge in [0.25, 0.3) is 0 Å². The van der Waals surface area contributed by atoms with Crippen LogP contribution in [-0.2, 0) is 34.0 Å². The summed E-state index contributed by atoms with van der Waals surface area (Å²) < 4.78 is 0. The Labute approximate surface area is 422 Å². The Morgan fingerprint density at radius 3 is 0.667 bits per heavy atom. The quantitative estimate of drug-likeness (QED) is 0.114. The minimum absolute atomic E-state index is 0.0161. The molecule has 0 aliphatic rings. The van der Waals surface area contributed by atoms with Crippen LogP contribution in [0.4, 0.5) is 0 Å². The van der Waals surface area contributed by atoms with E-state index in [4.69, 9.17) is 0 Å². The van der Waals surface area contributed by atoms with Crippen molar-refractivity contribution in [3.8, 4) is 33.4 Å². The second-order valence-corrected chi connectivity index (χ2v) is 14.8. The highest BCUT2D eigenvalue weighted by atomic mass is 16.2. The Morgan fingerprint density at radius 2 is 0.449 bits per heavy atom. The van der Waals surface area contributed by atoms with Gasteiger partial charge in [-0.05, 0) is 50.1 Å². The number of carbonyl (C=O) groups excluding carboxylic acids is 3. The van der Waals surface area contributed by atoms with Crippen LogP contribution >= 0.6 is 0 Å². The normalized spacial score (nSPS) is 9.17. The maximum absolute atomic E-state index is 11.6. The van der Waals surface area contributed by atoms with Crippen molar-refractivity contribution in [3.63, 3.8) is 0 Å². The maximum atomic E-state index is 11.6. The Bertz CT molecular complexity index is 2080. The highest BCUT2D eigenvalue weighted by Gasteiger charge is 2.08. The Hall–Kier alpha value is -6.27. The summed E-state index contributed by atoms with van der Waals surface area (Å²) in [6.45, 7) is 37.2. The molecule has 0 bridgehead atoms. The van der Waals surface area contributed by atoms with Crippen molar-refractivity contribution in [2.75, 3.05) is 0 Å². The van der Waals surface area contributed by atoms with Crippen molar-refractivity contribution in [3.05, 3.63) is 180 Å². The lowest BCUT2D eigenvalue weighted by Gasteiger charge is -2.09. The highest BCUT2D eigenvalue weighted by molar-refractivity contribution is 5.79. The van der Waals surface area contributed by atoms with Gasteiger partial charge in [0, 0.05) is 37.4 Å². The largest absolute Gasteiger partial charge is 0.352 e. The van der Waals surface area contributed by atoms with E-state index in [1.54, 1.807) is 0 Å². The smallest absolute Gasteiger partial charge is 0.222 e. The van der Waals surface area contributed by atoms with Gasteiger partial charge >= 0.3 is 0 Å². The van der Waals surface area contributed by atoms with Crippen LogP contribution in [0.5, 0.6) is 0 Å². The number of amides is 3. The van der Waals surface area contributed by atoms with E-state index in [0.717, 1.165) is 16.7 Å². The number of hydrogen-bond donors (Lipinski definition) is 3. The molecule has 0 saturated heterocycles. The predicted octanol–water partition coefficient (Wildman–Crippen LogP) is 17.0. The molecule has 6 aromatic rings. The van der Waals surface area contributed by atoms with Crippen LogP contribution in [0.2, 0.25) is 0 Å². The maximum Gasteiger partial charge on any atom is 0.222 e. The fourth-order valence-corrected chi connectivity index (χ4v) is 5.52. The molecule has 69 heavy (non-hydrogen) atoms. The Balaban J connectivity index is -0.000000881. The molecule has 0 aliphatic heterocycles. The lowest BCUT2D eigenvalue weighted by atomic mass is 9.99. The summed E-state index contributed by atoms with van der Waals surface area (Å²) in [5.41, 5.74) is 10.6. The zero-order valence-corrected chi connectivity index (χ0v) is 46.2. The average molecular weight is 940 g/mol. The molecule has 0 spiro atoms. The summed E-state index contributed by atoms with van der Waals surface area (Å²) in [7, 11) is 0. The summed E-state index contributed by atoms with van der Waals surface area (Å²) in [5, 5.41) is 8.72. The van der Waals surface area contributed by atoms with E-state index in [1.807, 2.05) is 179 Å². The molecule has 0 atom stereocenters. The summed E-state index contributed by atoms with van der Waals surface area (Å²) in [6, 6.07) is 55.8. The second kappa shape index (κ2) is 44.2. The van der Waals surface area contributed by atoms with Gasteiger partial charge in [-0.15, -0.1) is 0 Å². The van der Waals surface area contributed by atoms with E-state index in [1.165, 1.54) is 33.4 Å². The number of nitrogens with one attached hydrogen (secondary N) is 3. The summed E-state index contributed by atoms with van der Waals surface area (Å²) in [6.07, 6.45) is 0. The van der Waals surface area contributed by atoms with Crippen LogP contribution in [0, 0.1) is 17.8 Å². The van der Waals surface area contributed by atoms with E-state index in [0.29, 0.717) is 19.6 Å². The van der Waals surface area contributed by atoms with Gasteiger partial charge in [-0.3, -0.25) is 14.4 Å². The minimum atomic E-state index is 0.0161. The molecule has 0 heterocycles. The fourth-order valence-electron chi connectivity index (χ4n) is 5.52. The van der Waals surface area contributed by atoms with Crippen molar-refractivity contribution < 1.29 is 14.4 Å². The zero-order valence-electron chi connectivity index (χ0n) is 46.2. The average Bonchev–Trinajstić information content (AvgIpc) is 3.43. The third-order valence-electron chi connectivity index (χ3n) is 9.16. The molecule has 6 rings (SSSR count). The Kier molecular flexibility index (Phi) is 43.0. The first kappa shape index (κ1) is 67.0. The molecule has 0 saturated carbocycles. The molecular weight excluding hydrogens is 847 g/mol. The number of carbonyl (C=O) groups is 3. The van der Waals surface area contributed by atoms with Crippen molar-refractivity contribution in [1.29, 1.82) is 0 Å². The summed E-state index contributed by atoms with van der Waals surface area (Å²) >= 11 is 0. The first-order valence-electron chi connectivity index (χ1n) is 25.8. The molecule has 0 unspecified atom stereocenters. The zero-order chi connectivity index (χ0) is 53.0. The second-order valence-electron chi connectivity index (χ2n) is 14.8. The molecule has 3 N–H and O–H groups in total. The molecule has 6 heteroatoms. The van der Waals surface area contributed by atoms with E-state index in [9.17, 15) is 14.4 Å². The molecule has 6 aromatic carbocycles. The summed E-state index contributed by atoms with van der Waals surface area (Å²) in [4.78, 5) is 34.3. The van der Waals surface area contributed by atoms with Crippen molar-refractivity contribution in [2.45, 2.75) is 144 Å². The minimum Gasteiger partial charge on any atom is -0.352 e. The lowest BCUT2D eigenvalue weighted by molar-refractivity contribution is -0.124. The topological polar surface area (TPSA) is 87.3 Å². The van der Waals surface area contributed by atoms with Gasteiger partial charge in [0.05, 0.1) is 0 Å². The molecule has 378 valence electrons. The van der Waals surface area contributed by atoms with Crippen LogP contribution < -0.4 is 16.0 Å². The van der Waals surface area contributed by atoms with Crippen molar-refractivity contribution in [2.24, 2.45) is 17.8 Å². The van der Waals surface area contributed by atoms with E-state index >= 15 is 0 Å². The molecular formula is C63H93N3O3. The van der Waals surface area contributed by atoms with Gasteiger partial charge in [-0.2, -0.15) is 0 Å². The Morgan fingerprint density at radius 1 is 0.275 bits per heavy atom. The predicted molar refractivity (Wildman–Crippen MR) is 304 cm³/mol. The van der Waals surface area contributed by atoms with E-state index < -0.39 is 0 Å². The van der Waals surface area contributed by atoms with Gasteiger partial charge in [0.1, 0.15) is 0 Å². The molecule has 0 aliphatic carbocycles. The first-order valence-corrected chi connectivity index (χ1v) is 25.8. The molecule has 3 amide bonds. The van der Waals surface area contributed by atoms with E-state index in [-0.39, 0.29) is 35.5 Å². The first-order chi connectivity index (χ1) is 33.5. The number of benzene rings is 6. The van der Waals surface area contributed by atoms with E-state index in [2.05, 4.69) is 125 Å². The van der Waals surface area contributed by atoms with Gasteiger partial charge in [-0.25, -0.2) is 0 Å².